The number of halogens is 1. The van der Waals surface area contributed by atoms with Crippen LogP contribution in [0.15, 0.2) is 53.9 Å². The standard InChI is InChI=1S/C20H20FN5OS/c1-13(14-2-4-16(21)5-3-14)23-18(27)12-28-20-25-24-19(26(20)17-6-7-17)15-8-10-22-11-9-15/h2-5,8-11,13,17H,6-7,12H2,1H3,(H,23,27). The van der Waals surface area contributed by atoms with Gasteiger partial charge in [-0.05, 0) is 49.6 Å². The third-order valence-electron chi connectivity index (χ3n) is 4.59. The van der Waals surface area contributed by atoms with Gasteiger partial charge in [-0.3, -0.25) is 14.3 Å². The summed E-state index contributed by atoms with van der Waals surface area (Å²) in [6.45, 7) is 1.88. The molecule has 2 heterocycles. The summed E-state index contributed by atoms with van der Waals surface area (Å²) in [6, 6.07) is 10.2. The van der Waals surface area contributed by atoms with Gasteiger partial charge in [-0.2, -0.15) is 0 Å². The molecule has 28 heavy (non-hydrogen) atoms. The van der Waals surface area contributed by atoms with Gasteiger partial charge >= 0.3 is 0 Å². The van der Waals surface area contributed by atoms with E-state index in [4.69, 9.17) is 0 Å². The largest absolute Gasteiger partial charge is 0.349 e. The lowest BCUT2D eigenvalue weighted by molar-refractivity contribution is -0.119. The maximum atomic E-state index is 13.0. The molecule has 1 N–H and O–H groups in total. The van der Waals surface area contributed by atoms with Crippen LogP contribution in [-0.4, -0.2) is 31.4 Å². The highest BCUT2D eigenvalue weighted by atomic mass is 32.2. The first-order valence-corrected chi connectivity index (χ1v) is 10.1. The molecule has 1 saturated carbocycles. The molecule has 144 valence electrons. The van der Waals surface area contributed by atoms with Gasteiger partial charge < -0.3 is 5.32 Å². The Morgan fingerprint density at radius 1 is 1.21 bits per heavy atom. The molecular weight excluding hydrogens is 377 g/mol. The molecule has 1 fully saturated rings. The zero-order chi connectivity index (χ0) is 19.5. The summed E-state index contributed by atoms with van der Waals surface area (Å²) < 4.78 is 15.2. The van der Waals surface area contributed by atoms with Gasteiger partial charge in [-0.25, -0.2) is 4.39 Å². The van der Waals surface area contributed by atoms with Crippen LogP contribution in [0.1, 0.15) is 37.4 Å². The van der Waals surface area contributed by atoms with Gasteiger partial charge in [0, 0.05) is 24.0 Å². The number of amides is 1. The number of nitrogens with zero attached hydrogens (tertiary/aromatic N) is 4. The molecule has 0 spiro atoms. The molecule has 8 heteroatoms. The predicted octanol–water partition coefficient (Wildman–Crippen LogP) is 3.78. The second-order valence-corrected chi connectivity index (χ2v) is 7.72. The summed E-state index contributed by atoms with van der Waals surface area (Å²) in [7, 11) is 0. The van der Waals surface area contributed by atoms with E-state index in [1.54, 1.807) is 24.5 Å². The maximum absolute atomic E-state index is 13.0. The molecule has 1 aromatic carbocycles. The van der Waals surface area contributed by atoms with Crippen LogP contribution in [0.2, 0.25) is 0 Å². The molecular formula is C20H20FN5OS. The normalized spacial score (nSPS) is 14.6. The van der Waals surface area contributed by atoms with Gasteiger partial charge in [0.1, 0.15) is 5.82 Å². The number of carbonyl (C=O) groups excluding carboxylic acids is 1. The van der Waals surface area contributed by atoms with Crippen molar-refractivity contribution in [2.45, 2.75) is 37.0 Å². The lowest BCUT2D eigenvalue weighted by Gasteiger charge is -2.14. The van der Waals surface area contributed by atoms with Gasteiger partial charge in [-0.15, -0.1) is 10.2 Å². The lowest BCUT2D eigenvalue weighted by atomic mass is 10.1. The van der Waals surface area contributed by atoms with Gasteiger partial charge in [-0.1, -0.05) is 23.9 Å². The zero-order valence-electron chi connectivity index (χ0n) is 15.4. The first kappa shape index (κ1) is 18.6. The van der Waals surface area contributed by atoms with E-state index < -0.39 is 0 Å². The van der Waals surface area contributed by atoms with Crippen molar-refractivity contribution in [2.24, 2.45) is 0 Å². The topological polar surface area (TPSA) is 72.7 Å². The molecule has 0 bridgehead atoms. The van der Waals surface area contributed by atoms with E-state index in [9.17, 15) is 9.18 Å². The van der Waals surface area contributed by atoms with Crippen molar-refractivity contribution in [1.82, 2.24) is 25.1 Å². The minimum absolute atomic E-state index is 0.0994. The monoisotopic (exact) mass is 397 g/mol. The molecule has 0 saturated heterocycles. The van der Waals surface area contributed by atoms with E-state index in [0.29, 0.717) is 6.04 Å². The number of aromatic nitrogens is 4. The summed E-state index contributed by atoms with van der Waals surface area (Å²) in [5, 5.41) is 12.3. The summed E-state index contributed by atoms with van der Waals surface area (Å²) in [6.07, 6.45) is 5.66. The number of nitrogens with one attached hydrogen (secondary N) is 1. The minimum atomic E-state index is -0.290. The van der Waals surface area contributed by atoms with E-state index in [-0.39, 0.29) is 23.5 Å². The van der Waals surface area contributed by atoms with Crippen LogP contribution in [0.3, 0.4) is 0 Å². The molecule has 0 aliphatic heterocycles. The second-order valence-electron chi connectivity index (χ2n) is 6.77. The van der Waals surface area contributed by atoms with Gasteiger partial charge in [0.15, 0.2) is 11.0 Å². The van der Waals surface area contributed by atoms with Crippen molar-refractivity contribution in [3.05, 3.63) is 60.2 Å². The highest BCUT2D eigenvalue weighted by Crippen LogP contribution is 2.40. The summed E-state index contributed by atoms with van der Waals surface area (Å²) in [5.74, 6) is 0.666. The Labute approximate surface area is 166 Å². The molecule has 1 unspecified atom stereocenters. The number of rotatable bonds is 7. The van der Waals surface area contributed by atoms with E-state index in [1.165, 1.54) is 23.9 Å². The van der Waals surface area contributed by atoms with Crippen LogP contribution in [0, 0.1) is 5.82 Å². The van der Waals surface area contributed by atoms with Gasteiger partial charge in [0.2, 0.25) is 5.91 Å². The van der Waals surface area contributed by atoms with E-state index in [0.717, 1.165) is 34.9 Å². The summed E-state index contributed by atoms with van der Waals surface area (Å²) in [4.78, 5) is 16.4. The smallest absolute Gasteiger partial charge is 0.230 e. The molecule has 3 aromatic rings. The van der Waals surface area contributed by atoms with E-state index in [2.05, 4.69) is 25.1 Å². The SMILES string of the molecule is CC(NC(=O)CSc1nnc(-c2ccncc2)n1C1CC1)c1ccc(F)cc1. The average Bonchev–Trinajstić information content (AvgIpc) is 3.46. The zero-order valence-corrected chi connectivity index (χ0v) is 16.2. The van der Waals surface area contributed by atoms with E-state index in [1.807, 2.05) is 19.1 Å². The Kier molecular flexibility index (Phi) is 5.38. The number of carbonyl (C=O) groups is 1. The molecule has 1 aliphatic carbocycles. The van der Waals surface area contributed by atoms with Crippen LogP contribution in [0.25, 0.3) is 11.4 Å². The number of hydrogen-bond acceptors (Lipinski definition) is 5. The summed E-state index contributed by atoms with van der Waals surface area (Å²) in [5.41, 5.74) is 1.83. The first-order chi connectivity index (χ1) is 13.6. The first-order valence-electron chi connectivity index (χ1n) is 9.15. The number of pyridine rings is 1. The maximum Gasteiger partial charge on any atom is 0.230 e. The van der Waals surface area contributed by atoms with Crippen LogP contribution >= 0.6 is 11.8 Å². The van der Waals surface area contributed by atoms with Crippen molar-refractivity contribution in [3.63, 3.8) is 0 Å². The van der Waals surface area contributed by atoms with Crippen molar-refractivity contribution in [2.75, 3.05) is 5.75 Å². The second kappa shape index (κ2) is 8.10. The summed E-state index contributed by atoms with van der Waals surface area (Å²) >= 11 is 1.38. The van der Waals surface area contributed by atoms with Crippen molar-refractivity contribution >= 4 is 17.7 Å². The number of hydrogen-bond donors (Lipinski definition) is 1. The number of thioether (sulfide) groups is 1. The lowest BCUT2D eigenvalue weighted by Crippen LogP contribution is -2.28. The Morgan fingerprint density at radius 2 is 1.93 bits per heavy atom. The molecule has 2 aromatic heterocycles. The van der Waals surface area contributed by atoms with Crippen LogP contribution in [0.5, 0.6) is 0 Å². The minimum Gasteiger partial charge on any atom is -0.349 e. The van der Waals surface area contributed by atoms with Crippen molar-refractivity contribution in [3.8, 4) is 11.4 Å². The highest BCUT2D eigenvalue weighted by molar-refractivity contribution is 7.99. The molecule has 1 aliphatic rings. The molecule has 1 amide bonds. The quantitative estimate of drug-likeness (QED) is 0.614. The van der Waals surface area contributed by atoms with Crippen LogP contribution in [0.4, 0.5) is 4.39 Å². The van der Waals surface area contributed by atoms with Crippen molar-refractivity contribution < 1.29 is 9.18 Å². The number of benzene rings is 1. The third-order valence-corrected chi connectivity index (χ3v) is 5.54. The van der Waals surface area contributed by atoms with E-state index >= 15 is 0 Å². The van der Waals surface area contributed by atoms with Gasteiger partial charge in [0.05, 0.1) is 11.8 Å². The highest BCUT2D eigenvalue weighted by Gasteiger charge is 2.30. The Hall–Kier alpha value is -2.74. The van der Waals surface area contributed by atoms with Crippen LogP contribution in [-0.2, 0) is 4.79 Å². The molecule has 1 atom stereocenters. The predicted molar refractivity (Wildman–Crippen MR) is 105 cm³/mol. The Balaban J connectivity index is 1.41. The average molecular weight is 397 g/mol. The fourth-order valence-electron chi connectivity index (χ4n) is 2.98. The fraction of sp³-hybridized carbons (Fsp3) is 0.300. The molecule has 4 rings (SSSR count). The van der Waals surface area contributed by atoms with Crippen LogP contribution < -0.4 is 5.32 Å². The van der Waals surface area contributed by atoms with Crippen molar-refractivity contribution in [1.29, 1.82) is 0 Å². The van der Waals surface area contributed by atoms with Gasteiger partial charge in [0.25, 0.3) is 0 Å². The Bertz CT molecular complexity index is 956. The Morgan fingerprint density at radius 3 is 2.61 bits per heavy atom. The molecule has 0 radical (unpaired) electrons. The third kappa shape index (κ3) is 4.22. The molecule has 6 nitrogen and oxygen atoms in total. The fourth-order valence-corrected chi connectivity index (χ4v) is 3.80.